The molecule has 1 amide bonds. The molecule has 26 heavy (non-hydrogen) atoms. The molecule has 0 fully saturated rings. The highest BCUT2D eigenvalue weighted by Gasteiger charge is 2.08. The smallest absolute Gasteiger partial charge is 0.274 e. The SMILES string of the molecule is O=C(Nc1cccc(F)c1)c1ccc(NCCc2ccc(F)cc2)cn1. The number of hydrogen-bond donors (Lipinski definition) is 2. The first-order chi connectivity index (χ1) is 12.6. The van der Waals surface area contributed by atoms with Crippen molar-refractivity contribution in [3.63, 3.8) is 0 Å². The molecular weight excluding hydrogens is 336 g/mol. The molecule has 0 aliphatic carbocycles. The average molecular weight is 353 g/mol. The van der Waals surface area contributed by atoms with Crippen molar-refractivity contribution in [1.29, 1.82) is 0 Å². The van der Waals surface area contributed by atoms with Crippen LogP contribution in [0.3, 0.4) is 0 Å². The van der Waals surface area contributed by atoms with Gasteiger partial charge in [0.25, 0.3) is 5.91 Å². The molecule has 6 heteroatoms. The van der Waals surface area contributed by atoms with Crippen molar-refractivity contribution in [2.24, 2.45) is 0 Å². The summed E-state index contributed by atoms with van der Waals surface area (Å²) in [5.41, 5.74) is 2.41. The molecule has 0 radical (unpaired) electrons. The van der Waals surface area contributed by atoms with Gasteiger partial charge in [-0.3, -0.25) is 4.79 Å². The summed E-state index contributed by atoms with van der Waals surface area (Å²) in [7, 11) is 0. The van der Waals surface area contributed by atoms with Crippen molar-refractivity contribution >= 4 is 17.3 Å². The van der Waals surface area contributed by atoms with E-state index in [1.165, 1.54) is 30.3 Å². The highest BCUT2D eigenvalue weighted by Crippen LogP contribution is 2.12. The molecule has 0 unspecified atom stereocenters. The first kappa shape index (κ1) is 17.5. The van der Waals surface area contributed by atoms with Crippen molar-refractivity contribution < 1.29 is 13.6 Å². The number of halogens is 2. The largest absolute Gasteiger partial charge is 0.383 e. The third-order valence-electron chi connectivity index (χ3n) is 3.73. The molecule has 132 valence electrons. The van der Waals surface area contributed by atoms with Crippen LogP contribution in [0.15, 0.2) is 66.9 Å². The Balaban J connectivity index is 1.52. The Kier molecular flexibility index (Phi) is 5.53. The second-order valence-corrected chi connectivity index (χ2v) is 5.70. The van der Waals surface area contributed by atoms with Gasteiger partial charge >= 0.3 is 0 Å². The topological polar surface area (TPSA) is 54.0 Å². The van der Waals surface area contributed by atoms with Crippen molar-refractivity contribution in [1.82, 2.24) is 4.98 Å². The van der Waals surface area contributed by atoms with Gasteiger partial charge in [0, 0.05) is 12.2 Å². The highest BCUT2D eigenvalue weighted by molar-refractivity contribution is 6.02. The Hall–Kier alpha value is -3.28. The molecule has 0 bridgehead atoms. The van der Waals surface area contributed by atoms with E-state index in [4.69, 9.17) is 0 Å². The van der Waals surface area contributed by atoms with Gasteiger partial charge in [-0.2, -0.15) is 0 Å². The van der Waals surface area contributed by atoms with Crippen LogP contribution in [0.25, 0.3) is 0 Å². The minimum absolute atomic E-state index is 0.235. The fourth-order valence-electron chi connectivity index (χ4n) is 2.40. The molecule has 3 aromatic rings. The molecule has 0 aliphatic rings. The summed E-state index contributed by atoms with van der Waals surface area (Å²) in [5, 5.41) is 5.79. The first-order valence-electron chi connectivity index (χ1n) is 8.11. The number of pyridine rings is 1. The van der Waals surface area contributed by atoms with Crippen LogP contribution in [0.5, 0.6) is 0 Å². The number of nitrogens with zero attached hydrogens (tertiary/aromatic N) is 1. The number of amides is 1. The van der Waals surface area contributed by atoms with Gasteiger partial charge in [-0.05, 0) is 54.4 Å². The predicted octanol–water partition coefficient (Wildman–Crippen LogP) is 4.27. The molecule has 2 aromatic carbocycles. The Bertz CT molecular complexity index is 880. The summed E-state index contributed by atoms with van der Waals surface area (Å²) < 4.78 is 26.0. The predicted molar refractivity (Wildman–Crippen MR) is 97.2 cm³/mol. The van der Waals surface area contributed by atoms with Gasteiger partial charge < -0.3 is 10.6 Å². The summed E-state index contributed by atoms with van der Waals surface area (Å²) in [5.74, 6) is -1.08. The van der Waals surface area contributed by atoms with E-state index in [1.54, 1.807) is 36.5 Å². The summed E-state index contributed by atoms with van der Waals surface area (Å²) in [6.45, 7) is 0.655. The van der Waals surface area contributed by atoms with Crippen LogP contribution in [-0.4, -0.2) is 17.4 Å². The van der Waals surface area contributed by atoms with Crippen LogP contribution >= 0.6 is 0 Å². The zero-order valence-corrected chi connectivity index (χ0v) is 13.9. The van der Waals surface area contributed by atoms with E-state index >= 15 is 0 Å². The molecule has 0 saturated carbocycles. The lowest BCUT2D eigenvalue weighted by Gasteiger charge is -2.08. The molecule has 0 saturated heterocycles. The number of hydrogen-bond acceptors (Lipinski definition) is 3. The number of anilines is 2. The maximum atomic E-state index is 13.1. The molecule has 2 N–H and O–H groups in total. The van der Waals surface area contributed by atoms with Crippen molar-refractivity contribution in [2.45, 2.75) is 6.42 Å². The Morgan fingerprint density at radius 3 is 2.42 bits per heavy atom. The van der Waals surface area contributed by atoms with E-state index in [1.807, 2.05) is 0 Å². The second-order valence-electron chi connectivity index (χ2n) is 5.70. The normalized spacial score (nSPS) is 10.4. The Morgan fingerprint density at radius 2 is 1.73 bits per heavy atom. The van der Waals surface area contributed by atoms with Crippen LogP contribution < -0.4 is 10.6 Å². The van der Waals surface area contributed by atoms with E-state index < -0.39 is 11.7 Å². The Morgan fingerprint density at radius 1 is 0.923 bits per heavy atom. The van der Waals surface area contributed by atoms with Crippen LogP contribution in [0, 0.1) is 11.6 Å². The summed E-state index contributed by atoms with van der Waals surface area (Å²) in [4.78, 5) is 16.2. The number of nitrogens with one attached hydrogen (secondary N) is 2. The van der Waals surface area contributed by atoms with Crippen molar-refractivity contribution in [3.8, 4) is 0 Å². The number of benzene rings is 2. The average Bonchev–Trinajstić information content (AvgIpc) is 2.64. The van der Waals surface area contributed by atoms with Crippen molar-refractivity contribution in [2.75, 3.05) is 17.2 Å². The first-order valence-corrected chi connectivity index (χ1v) is 8.11. The minimum atomic E-state index is -0.420. The number of carbonyl (C=O) groups excluding carboxylic acids is 1. The molecule has 3 rings (SSSR count). The molecule has 4 nitrogen and oxygen atoms in total. The van der Waals surface area contributed by atoms with Crippen LogP contribution in [0.1, 0.15) is 16.1 Å². The zero-order chi connectivity index (χ0) is 18.4. The van der Waals surface area contributed by atoms with Crippen LogP contribution in [0.4, 0.5) is 20.2 Å². The van der Waals surface area contributed by atoms with Crippen LogP contribution in [0.2, 0.25) is 0 Å². The quantitative estimate of drug-likeness (QED) is 0.696. The second kappa shape index (κ2) is 8.20. The van der Waals surface area contributed by atoms with Gasteiger partial charge in [-0.25, -0.2) is 13.8 Å². The van der Waals surface area contributed by atoms with Gasteiger partial charge in [0.05, 0.1) is 11.9 Å². The lowest BCUT2D eigenvalue weighted by atomic mass is 10.1. The summed E-state index contributed by atoms with van der Waals surface area (Å²) in [6.07, 6.45) is 2.30. The number of aromatic nitrogens is 1. The minimum Gasteiger partial charge on any atom is -0.383 e. The standard InChI is InChI=1S/C20H17F2N3O/c21-15-6-4-14(5-7-15)10-11-23-18-8-9-19(24-13-18)20(26)25-17-3-1-2-16(22)12-17/h1-9,12-13,23H,10-11H2,(H,25,26). The molecule has 1 aromatic heterocycles. The molecule has 0 atom stereocenters. The third kappa shape index (κ3) is 4.86. The van der Waals surface area contributed by atoms with Gasteiger partial charge in [0.1, 0.15) is 17.3 Å². The summed E-state index contributed by atoms with van der Waals surface area (Å²) in [6, 6.07) is 15.4. The van der Waals surface area contributed by atoms with Crippen molar-refractivity contribution in [3.05, 3.63) is 89.8 Å². The van der Waals surface area contributed by atoms with E-state index in [-0.39, 0.29) is 11.5 Å². The fourth-order valence-corrected chi connectivity index (χ4v) is 2.40. The van der Waals surface area contributed by atoms with Gasteiger partial charge in [-0.1, -0.05) is 18.2 Å². The van der Waals surface area contributed by atoms with E-state index in [0.717, 1.165) is 17.7 Å². The lowest BCUT2D eigenvalue weighted by Crippen LogP contribution is -2.14. The third-order valence-corrected chi connectivity index (χ3v) is 3.73. The maximum absolute atomic E-state index is 13.1. The maximum Gasteiger partial charge on any atom is 0.274 e. The molecule has 1 heterocycles. The fraction of sp³-hybridized carbons (Fsp3) is 0.100. The van der Waals surface area contributed by atoms with E-state index in [9.17, 15) is 13.6 Å². The highest BCUT2D eigenvalue weighted by atomic mass is 19.1. The van der Waals surface area contributed by atoms with E-state index in [0.29, 0.717) is 12.2 Å². The van der Waals surface area contributed by atoms with Crippen LogP contribution in [-0.2, 0) is 6.42 Å². The van der Waals surface area contributed by atoms with E-state index in [2.05, 4.69) is 15.6 Å². The molecule has 0 spiro atoms. The number of carbonyl (C=O) groups is 1. The molecule has 0 aliphatic heterocycles. The van der Waals surface area contributed by atoms with Gasteiger partial charge in [-0.15, -0.1) is 0 Å². The summed E-state index contributed by atoms with van der Waals surface area (Å²) >= 11 is 0. The number of rotatable bonds is 6. The Labute approximate surface area is 149 Å². The zero-order valence-electron chi connectivity index (χ0n) is 13.9. The van der Waals surface area contributed by atoms with Gasteiger partial charge in [0.2, 0.25) is 0 Å². The van der Waals surface area contributed by atoms with Gasteiger partial charge in [0.15, 0.2) is 0 Å². The monoisotopic (exact) mass is 353 g/mol. The molecular formula is C20H17F2N3O. The lowest BCUT2D eigenvalue weighted by molar-refractivity contribution is 0.102.